The number of aromatic amines is 2. The van der Waals surface area contributed by atoms with Crippen LogP contribution in [-0.2, 0) is 24.3 Å². The topological polar surface area (TPSA) is 210 Å². The number of nitrogens with zero attached hydrogens (tertiary/aromatic N) is 7. The third-order valence-electron chi connectivity index (χ3n) is 8.59. The van der Waals surface area contributed by atoms with Gasteiger partial charge in [0.05, 0.1) is 17.6 Å². The predicted molar refractivity (Wildman–Crippen MR) is 194 cm³/mol. The summed E-state index contributed by atoms with van der Waals surface area (Å²) in [6.45, 7) is 2.91. The largest absolute Gasteiger partial charge is 0.480 e. The lowest BCUT2D eigenvalue weighted by molar-refractivity contribution is -0.137. The Morgan fingerprint density at radius 3 is 2.45 bits per heavy atom. The molecule has 17 heteroatoms. The summed E-state index contributed by atoms with van der Waals surface area (Å²) in [5.41, 5.74) is 3.03. The number of carboxylic acids is 1. The monoisotopic (exact) mass is 718 g/mol. The number of piperazine rings is 1. The number of hydrogen-bond acceptors (Lipinski definition) is 12. The van der Waals surface area contributed by atoms with E-state index >= 15 is 0 Å². The average molecular weight is 719 g/mol. The molecular weight excluding hydrogens is 683 g/mol. The van der Waals surface area contributed by atoms with E-state index in [2.05, 4.69) is 55.7 Å². The predicted octanol–water partition coefficient (Wildman–Crippen LogP) is 3.39. The third kappa shape index (κ3) is 8.77. The van der Waals surface area contributed by atoms with Gasteiger partial charge in [0.2, 0.25) is 17.8 Å². The van der Waals surface area contributed by atoms with Crippen LogP contribution in [0.4, 0.5) is 27.9 Å². The van der Waals surface area contributed by atoms with E-state index < -0.39 is 17.6 Å². The number of rotatable bonds is 13. The number of carboxylic acid groups (broad SMARTS) is 1. The molecule has 0 spiro atoms. The zero-order valence-electron chi connectivity index (χ0n) is 28.3. The molecule has 0 saturated carbocycles. The van der Waals surface area contributed by atoms with E-state index in [1.165, 1.54) is 24.5 Å². The maximum atomic E-state index is 13.7. The smallest absolute Gasteiger partial charge is 0.326 e. The number of carbonyl (C=O) groups is 2. The van der Waals surface area contributed by atoms with Crippen LogP contribution in [0.2, 0.25) is 0 Å². The van der Waals surface area contributed by atoms with Gasteiger partial charge in [-0.15, -0.1) is 0 Å². The van der Waals surface area contributed by atoms with E-state index in [4.69, 9.17) is 0 Å². The van der Waals surface area contributed by atoms with Gasteiger partial charge in [0.1, 0.15) is 17.7 Å². The molecule has 270 valence electrons. The number of fused-ring (bicyclic) bond motifs is 1. The number of imidazole rings is 1. The van der Waals surface area contributed by atoms with Gasteiger partial charge >= 0.3 is 5.97 Å². The Hall–Kier alpha value is -6.75. The molecule has 1 saturated heterocycles. The first-order valence-electron chi connectivity index (χ1n) is 16.8. The molecule has 6 N–H and O–H groups in total. The molecule has 0 bridgehead atoms. The Kier molecular flexibility index (Phi) is 10.2. The van der Waals surface area contributed by atoms with Crippen LogP contribution in [0, 0.1) is 5.82 Å². The van der Waals surface area contributed by atoms with Crippen LogP contribution in [0.3, 0.4) is 0 Å². The van der Waals surface area contributed by atoms with Crippen LogP contribution >= 0.6 is 0 Å². The second-order valence-electron chi connectivity index (χ2n) is 12.4. The first kappa shape index (κ1) is 34.7. The SMILES string of the molecule is O=C(O)C(Cc1ccccc1)Nc1nc(NCc2nc3ccc(F)cc3[nH]2)nc(Nc2cccc(CN3CCN(C(=O)c4ncc[nH]c4=O)CC3)c2)n1. The van der Waals surface area contributed by atoms with Crippen LogP contribution in [0.1, 0.15) is 27.4 Å². The van der Waals surface area contributed by atoms with Crippen molar-refractivity contribution >= 4 is 46.4 Å². The molecule has 1 aliphatic rings. The number of amides is 1. The zero-order valence-corrected chi connectivity index (χ0v) is 28.3. The lowest BCUT2D eigenvalue weighted by Crippen LogP contribution is -2.49. The molecule has 1 fully saturated rings. The van der Waals surface area contributed by atoms with Gasteiger partial charge in [0, 0.05) is 57.2 Å². The molecule has 0 aliphatic carbocycles. The van der Waals surface area contributed by atoms with Crippen molar-refractivity contribution < 1.29 is 19.1 Å². The van der Waals surface area contributed by atoms with E-state index in [0.29, 0.717) is 55.3 Å². The molecule has 7 rings (SSSR count). The minimum Gasteiger partial charge on any atom is -0.480 e. The second kappa shape index (κ2) is 15.6. The molecule has 4 heterocycles. The van der Waals surface area contributed by atoms with Crippen molar-refractivity contribution in [1.82, 2.24) is 44.7 Å². The van der Waals surface area contributed by atoms with Gasteiger partial charge in [-0.1, -0.05) is 42.5 Å². The van der Waals surface area contributed by atoms with Gasteiger partial charge < -0.3 is 35.9 Å². The molecule has 3 aromatic heterocycles. The first-order valence-corrected chi connectivity index (χ1v) is 16.8. The Morgan fingerprint density at radius 1 is 0.887 bits per heavy atom. The minimum absolute atomic E-state index is 0.0382. The number of aromatic nitrogens is 7. The first-order chi connectivity index (χ1) is 25.8. The summed E-state index contributed by atoms with van der Waals surface area (Å²) in [7, 11) is 0. The number of carbonyl (C=O) groups excluding carboxylic acids is 1. The molecule has 1 aliphatic heterocycles. The van der Waals surface area contributed by atoms with E-state index in [1.807, 2.05) is 54.6 Å². The zero-order chi connectivity index (χ0) is 36.7. The van der Waals surface area contributed by atoms with Crippen molar-refractivity contribution in [2.24, 2.45) is 0 Å². The van der Waals surface area contributed by atoms with Gasteiger partial charge in [-0.2, -0.15) is 15.0 Å². The highest BCUT2D eigenvalue weighted by Gasteiger charge is 2.25. The Bertz CT molecular complexity index is 2290. The van der Waals surface area contributed by atoms with Crippen LogP contribution in [0.15, 0.2) is 90.0 Å². The van der Waals surface area contributed by atoms with Crippen molar-refractivity contribution in [3.05, 3.63) is 124 Å². The lowest BCUT2D eigenvalue weighted by Gasteiger charge is -2.34. The van der Waals surface area contributed by atoms with Crippen LogP contribution < -0.4 is 21.5 Å². The van der Waals surface area contributed by atoms with Crippen LogP contribution in [0.25, 0.3) is 11.0 Å². The van der Waals surface area contributed by atoms with Crippen molar-refractivity contribution in [2.45, 2.75) is 25.6 Å². The standard InChI is InChI=1S/C36H35FN12O4/c37-24-9-10-26-27(19-24)43-29(42-26)20-40-34-45-35(47-36(46-34)44-28(33(52)53)18-22-5-2-1-3-6-22)41-25-8-4-7-23(17-25)21-48-13-15-49(16-14-48)32(51)30-31(50)39-12-11-38-30/h1-12,17,19,28H,13-16,18,20-21H2,(H,39,50)(H,42,43)(H,52,53)(H3,40,41,44,45,46,47). The van der Waals surface area contributed by atoms with Crippen molar-refractivity contribution in [1.29, 1.82) is 0 Å². The summed E-state index contributed by atoms with van der Waals surface area (Å²) in [4.78, 5) is 68.5. The Balaban J connectivity index is 1.06. The fourth-order valence-electron chi connectivity index (χ4n) is 5.96. The molecule has 16 nitrogen and oxygen atoms in total. The fraction of sp³-hybridized carbons (Fsp3) is 0.222. The third-order valence-corrected chi connectivity index (χ3v) is 8.59. The molecule has 53 heavy (non-hydrogen) atoms. The summed E-state index contributed by atoms with van der Waals surface area (Å²) in [5.74, 6) is -0.976. The molecule has 1 atom stereocenters. The van der Waals surface area contributed by atoms with Crippen LogP contribution in [0.5, 0.6) is 0 Å². The average Bonchev–Trinajstić information content (AvgIpc) is 3.56. The van der Waals surface area contributed by atoms with Crippen LogP contribution in [-0.4, -0.2) is 93.9 Å². The van der Waals surface area contributed by atoms with E-state index in [0.717, 1.165) is 11.1 Å². The summed E-state index contributed by atoms with van der Waals surface area (Å²) < 4.78 is 13.7. The molecule has 0 radical (unpaired) electrons. The Morgan fingerprint density at radius 2 is 1.66 bits per heavy atom. The van der Waals surface area contributed by atoms with Gasteiger partial charge in [-0.3, -0.25) is 14.5 Å². The number of nitrogens with one attached hydrogen (secondary N) is 5. The number of benzene rings is 3. The maximum Gasteiger partial charge on any atom is 0.326 e. The van der Waals surface area contributed by atoms with E-state index in [9.17, 15) is 23.9 Å². The number of hydrogen-bond donors (Lipinski definition) is 6. The summed E-state index contributed by atoms with van der Waals surface area (Å²) in [5, 5.41) is 19.3. The number of anilines is 4. The van der Waals surface area contributed by atoms with Gasteiger partial charge in [0.25, 0.3) is 11.5 Å². The van der Waals surface area contributed by atoms with Gasteiger partial charge in [0.15, 0.2) is 5.69 Å². The highest BCUT2D eigenvalue weighted by atomic mass is 19.1. The number of halogens is 1. The number of aliphatic carboxylic acids is 1. The molecule has 6 aromatic rings. The summed E-state index contributed by atoms with van der Waals surface area (Å²) >= 11 is 0. The molecule has 1 unspecified atom stereocenters. The number of H-pyrrole nitrogens is 2. The van der Waals surface area contributed by atoms with Gasteiger partial charge in [-0.05, 0) is 41.5 Å². The van der Waals surface area contributed by atoms with Crippen molar-refractivity contribution in [3.63, 3.8) is 0 Å². The van der Waals surface area contributed by atoms with Crippen molar-refractivity contribution in [3.8, 4) is 0 Å². The van der Waals surface area contributed by atoms with Gasteiger partial charge in [-0.25, -0.2) is 19.2 Å². The maximum absolute atomic E-state index is 13.7. The lowest BCUT2D eigenvalue weighted by atomic mass is 10.1. The minimum atomic E-state index is -1.07. The van der Waals surface area contributed by atoms with E-state index in [1.54, 1.807) is 11.0 Å². The van der Waals surface area contributed by atoms with Crippen molar-refractivity contribution in [2.75, 3.05) is 42.1 Å². The Labute approximate surface area is 301 Å². The van der Waals surface area contributed by atoms with E-state index in [-0.39, 0.29) is 48.2 Å². The summed E-state index contributed by atoms with van der Waals surface area (Å²) in [6.07, 6.45) is 2.97. The molecular formula is C36H35FN12O4. The highest BCUT2D eigenvalue weighted by Crippen LogP contribution is 2.21. The summed E-state index contributed by atoms with van der Waals surface area (Å²) in [6, 6.07) is 20.2. The molecule has 3 aromatic carbocycles. The molecule has 1 amide bonds. The quantitative estimate of drug-likeness (QED) is 0.101. The second-order valence-corrected chi connectivity index (χ2v) is 12.4. The highest BCUT2D eigenvalue weighted by molar-refractivity contribution is 5.92. The fourth-order valence-corrected chi connectivity index (χ4v) is 5.96. The normalized spacial score (nSPS) is 13.8.